The van der Waals surface area contributed by atoms with E-state index >= 15 is 0 Å². The molecule has 1 aromatic heterocycles. The maximum atomic E-state index is 11.9. The Balaban J connectivity index is 1.87. The summed E-state index contributed by atoms with van der Waals surface area (Å²) < 4.78 is 10.3. The summed E-state index contributed by atoms with van der Waals surface area (Å²) >= 11 is 0. The lowest BCUT2D eigenvalue weighted by Gasteiger charge is -2.10. The summed E-state index contributed by atoms with van der Waals surface area (Å²) in [5.74, 6) is 0.658. The summed E-state index contributed by atoms with van der Waals surface area (Å²) in [7, 11) is 0. The Morgan fingerprint density at radius 2 is 1.88 bits per heavy atom. The maximum absolute atomic E-state index is 11.9. The van der Waals surface area contributed by atoms with E-state index in [4.69, 9.17) is 9.15 Å². The molecule has 0 aliphatic rings. The van der Waals surface area contributed by atoms with Crippen LogP contribution in [0.3, 0.4) is 0 Å². The Bertz CT molecular complexity index is 715. The summed E-state index contributed by atoms with van der Waals surface area (Å²) in [5, 5.41) is 2.71. The number of ether oxygens (including phenoxy) is 1. The smallest absolute Gasteiger partial charge is 0.342 e. The van der Waals surface area contributed by atoms with Gasteiger partial charge in [0.05, 0.1) is 0 Å². The van der Waals surface area contributed by atoms with Gasteiger partial charge in [0.25, 0.3) is 5.91 Å². The molecular weight excluding hydrogens is 306 g/mol. The van der Waals surface area contributed by atoms with Crippen molar-refractivity contribution in [3.05, 3.63) is 53.0 Å². The van der Waals surface area contributed by atoms with Crippen molar-refractivity contribution < 1.29 is 18.7 Å². The van der Waals surface area contributed by atoms with Crippen LogP contribution >= 0.6 is 0 Å². The molecule has 1 N–H and O–H groups in total. The van der Waals surface area contributed by atoms with Gasteiger partial charge in [-0.15, -0.1) is 0 Å². The largest absolute Gasteiger partial charge is 0.466 e. The lowest BCUT2D eigenvalue weighted by atomic mass is 9.99. The molecule has 1 heterocycles. The third kappa shape index (κ3) is 4.47. The maximum Gasteiger partial charge on any atom is 0.342 e. The Morgan fingerprint density at radius 1 is 1.21 bits per heavy atom. The third-order valence-corrected chi connectivity index (χ3v) is 3.97. The van der Waals surface area contributed by atoms with Crippen LogP contribution < -0.4 is 5.32 Å². The normalized spacial score (nSPS) is 11.8. The van der Waals surface area contributed by atoms with Crippen molar-refractivity contribution in [3.8, 4) is 0 Å². The van der Waals surface area contributed by atoms with E-state index < -0.39 is 5.97 Å². The third-order valence-electron chi connectivity index (χ3n) is 3.97. The predicted octanol–water partition coefficient (Wildman–Crippen LogP) is 4.21. The fourth-order valence-corrected chi connectivity index (χ4v) is 2.37. The van der Waals surface area contributed by atoms with Crippen molar-refractivity contribution >= 4 is 17.6 Å². The Labute approximate surface area is 142 Å². The summed E-state index contributed by atoms with van der Waals surface area (Å²) in [6.07, 6.45) is 1.06. The minimum Gasteiger partial charge on any atom is -0.466 e. The second-order valence-corrected chi connectivity index (χ2v) is 5.88. The number of nitrogens with one attached hydrogen (secondary N) is 1. The van der Waals surface area contributed by atoms with Gasteiger partial charge in [-0.05, 0) is 49.9 Å². The number of amides is 1. The average molecular weight is 329 g/mol. The molecule has 128 valence electrons. The summed E-state index contributed by atoms with van der Waals surface area (Å²) in [6, 6.07) is 9.29. The number of hydrogen-bond donors (Lipinski definition) is 1. The second-order valence-electron chi connectivity index (χ2n) is 5.88. The van der Waals surface area contributed by atoms with Gasteiger partial charge in [-0.3, -0.25) is 4.79 Å². The van der Waals surface area contributed by atoms with E-state index in [-0.39, 0.29) is 12.5 Å². The minimum atomic E-state index is -0.563. The Hall–Kier alpha value is -2.56. The van der Waals surface area contributed by atoms with Crippen LogP contribution in [0.4, 0.5) is 5.69 Å². The number of rotatable bonds is 6. The van der Waals surface area contributed by atoms with Gasteiger partial charge in [0.1, 0.15) is 17.1 Å². The predicted molar refractivity (Wildman–Crippen MR) is 92.2 cm³/mol. The highest BCUT2D eigenvalue weighted by Crippen LogP contribution is 2.20. The van der Waals surface area contributed by atoms with E-state index in [1.54, 1.807) is 19.9 Å². The van der Waals surface area contributed by atoms with E-state index in [9.17, 15) is 9.59 Å². The molecule has 0 radical (unpaired) electrons. The first-order valence-electron chi connectivity index (χ1n) is 8.04. The molecule has 2 aromatic rings. The number of esters is 1. The Morgan fingerprint density at radius 3 is 2.42 bits per heavy atom. The van der Waals surface area contributed by atoms with Crippen LogP contribution in [0.15, 0.2) is 34.7 Å². The fourth-order valence-electron chi connectivity index (χ4n) is 2.37. The number of aryl methyl sites for hydroxylation is 2. The van der Waals surface area contributed by atoms with E-state index in [1.807, 2.05) is 24.3 Å². The van der Waals surface area contributed by atoms with Crippen LogP contribution in [0, 0.1) is 13.8 Å². The van der Waals surface area contributed by atoms with Gasteiger partial charge in [-0.25, -0.2) is 4.79 Å². The van der Waals surface area contributed by atoms with E-state index in [2.05, 4.69) is 19.2 Å². The SMILES string of the molecule is CCC(C)c1ccc(NC(=O)COC(=O)c2cc(C)oc2C)cc1. The first-order valence-corrected chi connectivity index (χ1v) is 8.04. The van der Waals surface area contributed by atoms with Gasteiger partial charge in [0, 0.05) is 5.69 Å². The molecule has 0 saturated carbocycles. The summed E-state index contributed by atoms with van der Waals surface area (Å²) in [4.78, 5) is 23.8. The Kier molecular flexibility index (Phi) is 5.79. The van der Waals surface area contributed by atoms with E-state index in [0.717, 1.165) is 6.42 Å². The van der Waals surface area contributed by atoms with Crippen molar-refractivity contribution in [1.29, 1.82) is 0 Å². The highest BCUT2D eigenvalue weighted by atomic mass is 16.5. The molecule has 2 rings (SSSR count). The van der Waals surface area contributed by atoms with Crippen molar-refractivity contribution in [2.75, 3.05) is 11.9 Å². The second kappa shape index (κ2) is 7.81. The molecule has 1 aromatic carbocycles. The highest BCUT2D eigenvalue weighted by molar-refractivity contribution is 5.95. The first-order chi connectivity index (χ1) is 11.4. The molecule has 5 nitrogen and oxygen atoms in total. The van der Waals surface area contributed by atoms with Crippen molar-refractivity contribution in [2.24, 2.45) is 0 Å². The van der Waals surface area contributed by atoms with Crippen LogP contribution in [-0.4, -0.2) is 18.5 Å². The van der Waals surface area contributed by atoms with Gasteiger partial charge in [0.2, 0.25) is 0 Å². The van der Waals surface area contributed by atoms with E-state index in [0.29, 0.717) is 28.7 Å². The number of benzene rings is 1. The lowest BCUT2D eigenvalue weighted by Crippen LogP contribution is -2.21. The molecule has 5 heteroatoms. The van der Waals surface area contributed by atoms with Crippen LogP contribution in [-0.2, 0) is 9.53 Å². The van der Waals surface area contributed by atoms with Gasteiger partial charge in [-0.2, -0.15) is 0 Å². The van der Waals surface area contributed by atoms with Crippen LogP contribution in [0.1, 0.15) is 53.6 Å². The molecular formula is C19H23NO4. The quantitative estimate of drug-likeness (QED) is 0.806. The summed E-state index contributed by atoms with van der Waals surface area (Å²) in [5.41, 5.74) is 2.25. The van der Waals surface area contributed by atoms with Gasteiger partial charge >= 0.3 is 5.97 Å². The number of carbonyl (C=O) groups excluding carboxylic acids is 2. The number of hydrogen-bond acceptors (Lipinski definition) is 4. The summed E-state index contributed by atoms with van der Waals surface area (Å²) in [6.45, 7) is 7.39. The van der Waals surface area contributed by atoms with Crippen molar-refractivity contribution in [2.45, 2.75) is 40.0 Å². The standard InChI is InChI=1S/C19H23NO4/c1-5-12(2)15-6-8-16(9-7-15)20-18(21)11-23-19(22)17-10-13(3)24-14(17)4/h6-10,12H,5,11H2,1-4H3,(H,20,21). The minimum absolute atomic E-state index is 0.338. The fraction of sp³-hybridized carbons (Fsp3) is 0.368. The molecule has 1 amide bonds. The zero-order chi connectivity index (χ0) is 17.7. The molecule has 0 fully saturated rings. The highest BCUT2D eigenvalue weighted by Gasteiger charge is 2.16. The molecule has 0 aliphatic carbocycles. The number of carbonyl (C=O) groups is 2. The van der Waals surface area contributed by atoms with Gasteiger partial charge in [-0.1, -0.05) is 26.0 Å². The lowest BCUT2D eigenvalue weighted by molar-refractivity contribution is -0.119. The zero-order valence-corrected chi connectivity index (χ0v) is 14.5. The van der Waals surface area contributed by atoms with Gasteiger partial charge < -0.3 is 14.5 Å². The molecule has 0 aliphatic heterocycles. The van der Waals surface area contributed by atoms with Crippen molar-refractivity contribution in [1.82, 2.24) is 0 Å². The number of anilines is 1. The number of furan rings is 1. The monoisotopic (exact) mass is 329 g/mol. The molecule has 1 atom stereocenters. The van der Waals surface area contributed by atoms with E-state index in [1.165, 1.54) is 5.56 Å². The first kappa shape index (κ1) is 17.8. The average Bonchev–Trinajstić information content (AvgIpc) is 2.91. The molecule has 0 saturated heterocycles. The van der Waals surface area contributed by atoms with Gasteiger partial charge in [0.15, 0.2) is 6.61 Å². The molecule has 1 unspecified atom stereocenters. The van der Waals surface area contributed by atoms with Crippen molar-refractivity contribution in [3.63, 3.8) is 0 Å². The molecule has 0 bridgehead atoms. The molecule has 0 spiro atoms. The topological polar surface area (TPSA) is 68.5 Å². The molecule has 24 heavy (non-hydrogen) atoms. The van der Waals surface area contributed by atoms with Crippen LogP contribution in [0.5, 0.6) is 0 Å². The van der Waals surface area contributed by atoms with Crippen LogP contribution in [0.2, 0.25) is 0 Å². The van der Waals surface area contributed by atoms with Crippen LogP contribution in [0.25, 0.3) is 0 Å². The zero-order valence-electron chi connectivity index (χ0n) is 14.5.